The second kappa shape index (κ2) is 7.03. The molecule has 1 aromatic carbocycles. The van der Waals surface area contributed by atoms with Crippen molar-refractivity contribution in [3.63, 3.8) is 0 Å². The fourth-order valence-electron chi connectivity index (χ4n) is 4.53. The molecule has 5 heterocycles. The molecule has 2 saturated heterocycles. The fourth-order valence-corrected chi connectivity index (χ4v) is 4.53. The summed E-state index contributed by atoms with van der Waals surface area (Å²) < 4.78 is 16.7. The minimum atomic E-state index is -0.106. The van der Waals surface area contributed by atoms with Crippen LogP contribution >= 0.6 is 0 Å². The van der Waals surface area contributed by atoms with Gasteiger partial charge in [0.2, 0.25) is 0 Å². The number of aromatic nitrogens is 6. The van der Waals surface area contributed by atoms with E-state index in [1.54, 1.807) is 11.0 Å². The Balaban J connectivity index is 1.53. The summed E-state index contributed by atoms with van der Waals surface area (Å²) in [5.74, 6) is 0.476. The van der Waals surface area contributed by atoms with Gasteiger partial charge < -0.3 is 14.0 Å². The molecular weight excluding hydrogens is 384 g/mol. The van der Waals surface area contributed by atoms with Gasteiger partial charge in [-0.25, -0.2) is 4.98 Å². The van der Waals surface area contributed by atoms with Gasteiger partial charge in [-0.2, -0.15) is 4.68 Å². The molecule has 30 heavy (non-hydrogen) atoms. The van der Waals surface area contributed by atoms with Crippen LogP contribution in [-0.2, 0) is 16.0 Å². The van der Waals surface area contributed by atoms with Gasteiger partial charge in [-0.15, -0.1) is 5.10 Å². The molecule has 6 rings (SSSR count). The van der Waals surface area contributed by atoms with Crippen molar-refractivity contribution in [2.45, 2.75) is 44.4 Å². The van der Waals surface area contributed by atoms with Crippen LogP contribution in [0.1, 0.15) is 37.5 Å². The molecule has 2 aliphatic rings. The van der Waals surface area contributed by atoms with E-state index in [4.69, 9.17) is 9.47 Å². The molecule has 0 N–H and O–H groups in total. The molecule has 0 amide bonds. The summed E-state index contributed by atoms with van der Waals surface area (Å²) in [5.41, 5.74) is 2.94. The van der Waals surface area contributed by atoms with E-state index in [-0.39, 0.29) is 17.8 Å². The molecule has 0 saturated carbocycles. The van der Waals surface area contributed by atoms with Crippen LogP contribution in [0.15, 0.2) is 41.6 Å². The van der Waals surface area contributed by atoms with Crippen LogP contribution in [0.25, 0.3) is 22.4 Å². The van der Waals surface area contributed by atoms with Gasteiger partial charge in [0.15, 0.2) is 11.3 Å². The molecule has 9 nitrogen and oxygen atoms in total. The number of imidazole rings is 1. The van der Waals surface area contributed by atoms with Crippen molar-refractivity contribution in [3.8, 4) is 5.82 Å². The van der Waals surface area contributed by atoms with Crippen LogP contribution < -0.4 is 5.56 Å². The minimum absolute atomic E-state index is 0.0374. The van der Waals surface area contributed by atoms with Gasteiger partial charge in [-0.1, -0.05) is 17.3 Å². The number of hydrogen-bond acceptors (Lipinski definition) is 6. The Hall–Kier alpha value is -3.04. The number of fused-ring (bicyclic) bond motifs is 3. The SMILES string of the molecule is O=c1c2c(-n3cc(C4CCCO4)nn3)ncn2c2ccccc2n1CC1CCCO1. The number of benzene rings is 1. The molecule has 0 radical (unpaired) electrons. The number of rotatable bonds is 4. The Morgan fingerprint density at radius 3 is 2.70 bits per heavy atom. The van der Waals surface area contributed by atoms with Crippen LogP contribution in [-0.4, -0.2) is 48.3 Å². The van der Waals surface area contributed by atoms with Crippen molar-refractivity contribution in [1.82, 2.24) is 28.9 Å². The molecule has 0 bridgehead atoms. The van der Waals surface area contributed by atoms with Gasteiger partial charge in [-0.3, -0.25) is 9.20 Å². The van der Waals surface area contributed by atoms with Crippen LogP contribution in [0, 0.1) is 0 Å². The van der Waals surface area contributed by atoms with Crippen molar-refractivity contribution in [1.29, 1.82) is 0 Å². The van der Waals surface area contributed by atoms with Crippen molar-refractivity contribution in [2.24, 2.45) is 0 Å². The second-order valence-electron chi connectivity index (χ2n) is 7.92. The third-order valence-corrected chi connectivity index (χ3v) is 6.03. The first-order chi connectivity index (χ1) is 14.8. The standard InChI is InChI=1S/C21H22N6O3/c28-21-19-20(27-12-15(23-24-27)18-8-4-10-30-18)22-13-26(19)17-7-2-1-6-16(17)25(21)11-14-5-3-9-29-14/h1-2,6-7,12-14,18H,3-5,8-11H2. The molecule has 9 heteroatoms. The van der Waals surface area contributed by atoms with E-state index >= 15 is 0 Å². The number of para-hydroxylation sites is 2. The fraction of sp³-hybridized carbons (Fsp3) is 0.429. The summed E-state index contributed by atoms with van der Waals surface area (Å²) in [7, 11) is 0. The predicted octanol–water partition coefficient (Wildman–Crippen LogP) is 2.26. The molecule has 3 aromatic heterocycles. The molecule has 2 atom stereocenters. The van der Waals surface area contributed by atoms with Gasteiger partial charge in [0, 0.05) is 13.2 Å². The van der Waals surface area contributed by atoms with Crippen molar-refractivity contribution in [3.05, 3.63) is 52.8 Å². The lowest BCUT2D eigenvalue weighted by molar-refractivity contribution is 0.0973. The largest absolute Gasteiger partial charge is 0.376 e. The second-order valence-corrected chi connectivity index (χ2v) is 7.92. The van der Waals surface area contributed by atoms with Crippen LogP contribution in [0.5, 0.6) is 0 Å². The number of nitrogens with zero attached hydrogens (tertiary/aromatic N) is 6. The molecule has 2 fully saturated rings. The maximum atomic E-state index is 13.6. The zero-order valence-electron chi connectivity index (χ0n) is 16.5. The highest BCUT2D eigenvalue weighted by Crippen LogP contribution is 2.27. The molecule has 0 aliphatic carbocycles. The predicted molar refractivity (Wildman–Crippen MR) is 109 cm³/mol. The van der Waals surface area contributed by atoms with Crippen molar-refractivity contribution < 1.29 is 9.47 Å². The minimum Gasteiger partial charge on any atom is -0.376 e. The van der Waals surface area contributed by atoms with E-state index < -0.39 is 0 Å². The molecule has 4 aromatic rings. The highest BCUT2D eigenvalue weighted by atomic mass is 16.5. The maximum Gasteiger partial charge on any atom is 0.279 e. The van der Waals surface area contributed by atoms with Crippen molar-refractivity contribution >= 4 is 16.6 Å². The average Bonchev–Trinajstić information content (AvgIpc) is 3.55. The van der Waals surface area contributed by atoms with Gasteiger partial charge in [0.25, 0.3) is 5.56 Å². The Kier molecular flexibility index (Phi) is 4.17. The van der Waals surface area contributed by atoms with Gasteiger partial charge in [-0.05, 0) is 37.8 Å². The smallest absolute Gasteiger partial charge is 0.279 e. The van der Waals surface area contributed by atoms with Crippen molar-refractivity contribution in [2.75, 3.05) is 13.2 Å². The van der Waals surface area contributed by atoms with E-state index in [2.05, 4.69) is 15.3 Å². The highest BCUT2D eigenvalue weighted by molar-refractivity contribution is 5.80. The van der Waals surface area contributed by atoms with E-state index in [9.17, 15) is 4.79 Å². The van der Waals surface area contributed by atoms with Crippen LogP contribution in [0.4, 0.5) is 0 Å². The molecule has 154 valence electrons. The van der Waals surface area contributed by atoms with E-state index in [0.29, 0.717) is 17.9 Å². The maximum absolute atomic E-state index is 13.6. The summed E-state index contributed by atoms with van der Waals surface area (Å²) in [6.45, 7) is 2.02. The van der Waals surface area contributed by atoms with E-state index in [1.807, 2.05) is 39.4 Å². The first kappa shape index (κ1) is 17.8. The zero-order valence-corrected chi connectivity index (χ0v) is 16.5. The Morgan fingerprint density at radius 1 is 1.07 bits per heavy atom. The third-order valence-electron chi connectivity index (χ3n) is 6.03. The zero-order chi connectivity index (χ0) is 20.1. The first-order valence-electron chi connectivity index (χ1n) is 10.4. The highest BCUT2D eigenvalue weighted by Gasteiger charge is 2.24. The third kappa shape index (κ3) is 2.77. The summed E-state index contributed by atoms with van der Waals surface area (Å²) in [5, 5.41) is 8.51. The lowest BCUT2D eigenvalue weighted by Gasteiger charge is -2.16. The molecule has 0 spiro atoms. The van der Waals surface area contributed by atoms with Gasteiger partial charge in [0.1, 0.15) is 18.1 Å². The lowest BCUT2D eigenvalue weighted by Crippen LogP contribution is -2.28. The summed E-state index contributed by atoms with van der Waals surface area (Å²) in [6, 6.07) is 7.88. The summed E-state index contributed by atoms with van der Waals surface area (Å²) in [6.07, 6.45) is 7.46. The lowest BCUT2D eigenvalue weighted by atomic mass is 10.2. The van der Waals surface area contributed by atoms with Gasteiger partial charge in [0.05, 0.1) is 29.9 Å². The quantitative estimate of drug-likeness (QED) is 0.517. The normalized spacial score (nSPS) is 21.9. The molecular formula is C21H22N6O3. The van der Waals surface area contributed by atoms with E-state index in [0.717, 1.165) is 55.6 Å². The molecule has 2 unspecified atom stereocenters. The summed E-state index contributed by atoms with van der Waals surface area (Å²) >= 11 is 0. The Bertz CT molecular complexity index is 1280. The van der Waals surface area contributed by atoms with Crippen LogP contribution in [0.2, 0.25) is 0 Å². The van der Waals surface area contributed by atoms with Crippen LogP contribution in [0.3, 0.4) is 0 Å². The number of hydrogen-bond donors (Lipinski definition) is 0. The first-order valence-corrected chi connectivity index (χ1v) is 10.4. The Labute approximate surface area is 171 Å². The average molecular weight is 406 g/mol. The van der Waals surface area contributed by atoms with Gasteiger partial charge >= 0.3 is 0 Å². The monoisotopic (exact) mass is 406 g/mol. The molecule has 2 aliphatic heterocycles. The number of ether oxygens (including phenoxy) is 2. The van der Waals surface area contributed by atoms with E-state index in [1.165, 1.54) is 0 Å². The summed E-state index contributed by atoms with van der Waals surface area (Å²) in [4.78, 5) is 18.1. The topological polar surface area (TPSA) is 88.5 Å². The Morgan fingerprint density at radius 2 is 1.90 bits per heavy atom.